The quantitative estimate of drug-likeness (QED) is 0.793. The third kappa shape index (κ3) is 3.52. The maximum absolute atomic E-state index is 12.8. The minimum atomic E-state index is -0.457. The summed E-state index contributed by atoms with van der Waals surface area (Å²) in [5.74, 6) is -0.0475. The fourth-order valence-corrected chi connectivity index (χ4v) is 4.15. The zero-order valence-corrected chi connectivity index (χ0v) is 16.2. The van der Waals surface area contributed by atoms with Gasteiger partial charge in [0.2, 0.25) is 0 Å². The van der Waals surface area contributed by atoms with Crippen molar-refractivity contribution in [3.05, 3.63) is 48.0 Å². The lowest BCUT2D eigenvalue weighted by molar-refractivity contribution is -0.153. The van der Waals surface area contributed by atoms with Crippen LogP contribution in [0.25, 0.3) is 0 Å². The van der Waals surface area contributed by atoms with Crippen LogP contribution in [0.2, 0.25) is 0 Å². The minimum Gasteiger partial charge on any atom is -0.363 e. The summed E-state index contributed by atoms with van der Waals surface area (Å²) in [4.78, 5) is 33.5. The van der Waals surface area contributed by atoms with E-state index in [1.165, 1.54) is 0 Å². The first-order valence-corrected chi connectivity index (χ1v) is 9.64. The molecule has 0 N–H and O–H groups in total. The summed E-state index contributed by atoms with van der Waals surface area (Å²) in [7, 11) is 3.55. The molecule has 0 radical (unpaired) electrons. The van der Waals surface area contributed by atoms with Gasteiger partial charge in [0.05, 0.1) is 24.4 Å². The van der Waals surface area contributed by atoms with E-state index in [0.717, 1.165) is 18.5 Å². The number of pyridine rings is 1. The molecule has 0 unspecified atom stereocenters. The first-order valence-electron chi connectivity index (χ1n) is 9.64. The molecule has 2 saturated heterocycles. The van der Waals surface area contributed by atoms with E-state index in [4.69, 9.17) is 4.74 Å². The highest BCUT2D eigenvalue weighted by Crippen LogP contribution is 2.33. The molecule has 148 valence electrons. The lowest BCUT2D eigenvalue weighted by atomic mass is 9.98. The van der Waals surface area contributed by atoms with Crippen molar-refractivity contribution in [2.75, 3.05) is 13.6 Å². The van der Waals surface area contributed by atoms with Gasteiger partial charge in [-0.2, -0.15) is 5.10 Å². The van der Waals surface area contributed by atoms with Gasteiger partial charge in [0.1, 0.15) is 11.8 Å². The Morgan fingerprint density at radius 3 is 2.79 bits per heavy atom. The second-order valence-electron chi connectivity index (χ2n) is 7.45. The van der Waals surface area contributed by atoms with Crippen LogP contribution in [0.15, 0.2) is 36.7 Å². The van der Waals surface area contributed by atoms with E-state index in [2.05, 4.69) is 10.1 Å². The number of aromatic nitrogens is 3. The minimum absolute atomic E-state index is 0.0202. The summed E-state index contributed by atoms with van der Waals surface area (Å²) in [6.45, 7) is 1.10. The molecule has 4 rings (SSSR count). The van der Waals surface area contributed by atoms with Crippen LogP contribution in [-0.2, 0) is 23.1 Å². The van der Waals surface area contributed by atoms with Crippen molar-refractivity contribution in [2.24, 2.45) is 7.05 Å². The van der Waals surface area contributed by atoms with Crippen molar-refractivity contribution in [2.45, 2.75) is 44.1 Å². The van der Waals surface area contributed by atoms with Gasteiger partial charge < -0.3 is 14.5 Å². The summed E-state index contributed by atoms with van der Waals surface area (Å²) in [5.41, 5.74) is 1.43. The van der Waals surface area contributed by atoms with Gasteiger partial charge in [0.15, 0.2) is 0 Å². The second kappa shape index (κ2) is 7.71. The summed E-state index contributed by atoms with van der Waals surface area (Å²) in [5, 5.41) is 4.08. The van der Waals surface area contributed by atoms with Gasteiger partial charge in [-0.25, -0.2) is 0 Å². The van der Waals surface area contributed by atoms with E-state index in [0.29, 0.717) is 25.2 Å². The lowest BCUT2D eigenvalue weighted by Gasteiger charge is -2.36. The van der Waals surface area contributed by atoms with Crippen molar-refractivity contribution in [3.63, 3.8) is 0 Å². The number of nitrogens with zero attached hydrogens (tertiary/aromatic N) is 5. The molecular weight excluding hydrogens is 358 g/mol. The molecule has 0 spiro atoms. The number of hydrogen-bond donors (Lipinski definition) is 0. The second-order valence-corrected chi connectivity index (χ2v) is 7.45. The molecule has 2 aliphatic heterocycles. The maximum atomic E-state index is 12.8. The van der Waals surface area contributed by atoms with Gasteiger partial charge in [0.25, 0.3) is 11.8 Å². The molecule has 2 aliphatic rings. The van der Waals surface area contributed by atoms with E-state index in [-0.39, 0.29) is 24.0 Å². The topological polar surface area (TPSA) is 80.6 Å². The number of fused-ring (bicyclic) bond motifs is 1. The number of aryl methyl sites for hydroxylation is 1. The fraction of sp³-hybridized carbons (Fsp3) is 0.500. The Hall–Kier alpha value is -2.74. The molecule has 0 aliphatic carbocycles. The Balaban J connectivity index is 1.37. The van der Waals surface area contributed by atoms with Crippen LogP contribution in [0.4, 0.5) is 0 Å². The van der Waals surface area contributed by atoms with Crippen molar-refractivity contribution >= 4 is 11.8 Å². The highest BCUT2D eigenvalue weighted by atomic mass is 16.5. The van der Waals surface area contributed by atoms with Crippen LogP contribution in [0.1, 0.15) is 35.4 Å². The average Bonchev–Trinajstić information content (AvgIpc) is 3.33. The highest BCUT2D eigenvalue weighted by Gasteiger charge is 2.44. The molecule has 2 aromatic heterocycles. The van der Waals surface area contributed by atoms with Crippen LogP contribution in [0.3, 0.4) is 0 Å². The van der Waals surface area contributed by atoms with Crippen LogP contribution >= 0.6 is 0 Å². The Morgan fingerprint density at radius 2 is 2.07 bits per heavy atom. The summed E-state index contributed by atoms with van der Waals surface area (Å²) < 4.78 is 7.73. The number of likely N-dealkylation sites (N-methyl/N-ethyl adjacent to an activating group) is 1. The van der Waals surface area contributed by atoms with Gasteiger partial charge >= 0.3 is 0 Å². The lowest BCUT2D eigenvalue weighted by Crippen LogP contribution is -2.49. The Labute approximate surface area is 164 Å². The normalized spacial score (nSPS) is 24.1. The molecule has 0 aromatic carbocycles. The molecule has 3 atom stereocenters. The van der Waals surface area contributed by atoms with Crippen molar-refractivity contribution in [3.8, 4) is 0 Å². The first-order chi connectivity index (χ1) is 13.5. The first kappa shape index (κ1) is 18.6. The van der Waals surface area contributed by atoms with Crippen molar-refractivity contribution in [1.29, 1.82) is 0 Å². The third-order valence-electron chi connectivity index (χ3n) is 5.63. The molecule has 2 aromatic rings. The zero-order valence-electron chi connectivity index (χ0n) is 16.2. The Morgan fingerprint density at radius 1 is 1.21 bits per heavy atom. The van der Waals surface area contributed by atoms with E-state index in [1.54, 1.807) is 42.1 Å². The molecule has 0 saturated carbocycles. The van der Waals surface area contributed by atoms with Crippen molar-refractivity contribution in [1.82, 2.24) is 24.6 Å². The number of carbonyl (C=O) groups excluding carboxylic acids is 2. The van der Waals surface area contributed by atoms with Gasteiger partial charge in [-0.15, -0.1) is 0 Å². The Kier molecular flexibility index (Phi) is 5.13. The molecule has 28 heavy (non-hydrogen) atoms. The summed E-state index contributed by atoms with van der Waals surface area (Å²) in [6, 6.07) is 7.43. The largest absolute Gasteiger partial charge is 0.363 e. The standard InChI is InChI=1S/C20H25N5O3/c1-23(13-14-5-3-4-10-21-14)20(27)18-7-6-15-17(28-18)9-12-25(15)19(26)16-8-11-22-24(16)2/h3-5,8,10-11,15,17-18H,6-7,9,12-13H2,1-2H3/t15-,17-,18+/m1/s1. The zero-order chi connectivity index (χ0) is 19.7. The highest BCUT2D eigenvalue weighted by molar-refractivity contribution is 5.93. The molecule has 0 bridgehead atoms. The number of ether oxygens (including phenoxy) is 1. The van der Waals surface area contributed by atoms with Gasteiger partial charge in [0, 0.05) is 33.0 Å². The molecule has 4 heterocycles. The van der Waals surface area contributed by atoms with Crippen LogP contribution in [0.5, 0.6) is 0 Å². The molecule has 8 nitrogen and oxygen atoms in total. The number of rotatable bonds is 4. The predicted octanol–water partition coefficient (Wildman–Crippen LogP) is 1.24. The molecule has 2 fully saturated rings. The van der Waals surface area contributed by atoms with Crippen LogP contribution in [-0.4, -0.2) is 68.2 Å². The predicted molar refractivity (Wildman–Crippen MR) is 101 cm³/mol. The van der Waals surface area contributed by atoms with E-state index in [1.807, 2.05) is 23.1 Å². The monoisotopic (exact) mass is 383 g/mol. The van der Waals surface area contributed by atoms with Gasteiger partial charge in [-0.1, -0.05) is 6.07 Å². The summed E-state index contributed by atoms with van der Waals surface area (Å²) in [6.07, 6.45) is 4.93. The smallest absolute Gasteiger partial charge is 0.272 e. The number of hydrogen-bond acceptors (Lipinski definition) is 5. The fourth-order valence-electron chi connectivity index (χ4n) is 4.15. The van der Waals surface area contributed by atoms with Crippen molar-refractivity contribution < 1.29 is 14.3 Å². The van der Waals surface area contributed by atoms with Gasteiger partial charge in [-0.3, -0.25) is 19.3 Å². The van der Waals surface area contributed by atoms with E-state index in [9.17, 15) is 9.59 Å². The average molecular weight is 383 g/mol. The van der Waals surface area contributed by atoms with E-state index < -0.39 is 6.10 Å². The number of carbonyl (C=O) groups is 2. The molecular formula is C20H25N5O3. The van der Waals surface area contributed by atoms with Crippen LogP contribution < -0.4 is 0 Å². The van der Waals surface area contributed by atoms with Crippen LogP contribution in [0, 0.1) is 0 Å². The number of amides is 2. The number of likely N-dealkylation sites (tertiary alicyclic amines) is 1. The van der Waals surface area contributed by atoms with E-state index >= 15 is 0 Å². The third-order valence-corrected chi connectivity index (χ3v) is 5.63. The summed E-state index contributed by atoms with van der Waals surface area (Å²) >= 11 is 0. The maximum Gasteiger partial charge on any atom is 0.272 e. The van der Waals surface area contributed by atoms with Gasteiger partial charge in [-0.05, 0) is 37.5 Å². The Bertz CT molecular complexity index is 853. The molecule has 2 amide bonds. The molecule has 8 heteroatoms. The SMILES string of the molecule is CN(Cc1ccccn1)C(=O)[C@@H]1CC[C@@H]2[C@@H](CCN2C(=O)c2ccnn2C)O1.